The first kappa shape index (κ1) is 14.4. The van der Waals surface area contributed by atoms with Gasteiger partial charge >= 0.3 is 0 Å². The van der Waals surface area contributed by atoms with E-state index in [2.05, 4.69) is 15.9 Å². The lowest BCUT2D eigenvalue weighted by atomic mass is 10.1. The normalized spacial score (nSPS) is 11.0. The van der Waals surface area contributed by atoms with Crippen LogP contribution < -0.4 is 0 Å². The maximum absolute atomic E-state index is 13.3. The minimum Gasteiger partial charge on any atom is -0.293 e. The molecule has 21 heavy (non-hydrogen) atoms. The zero-order chi connectivity index (χ0) is 15.0. The third-order valence-corrected chi connectivity index (χ3v) is 4.64. The molecule has 0 fully saturated rings. The van der Waals surface area contributed by atoms with Crippen LogP contribution in [0.5, 0.6) is 0 Å². The van der Waals surface area contributed by atoms with Gasteiger partial charge in [-0.25, -0.2) is 8.78 Å². The van der Waals surface area contributed by atoms with Gasteiger partial charge in [-0.1, -0.05) is 22.0 Å². The van der Waals surface area contributed by atoms with E-state index in [9.17, 15) is 13.6 Å². The monoisotopic (exact) mass is 366 g/mol. The lowest BCUT2D eigenvalue weighted by Gasteiger charge is -2.01. The van der Waals surface area contributed by atoms with Gasteiger partial charge in [-0.3, -0.25) is 4.79 Å². The molecule has 106 valence electrons. The lowest BCUT2D eigenvalue weighted by molar-refractivity contribution is 0.0997. The SMILES string of the molecule is O=C(Cc1cc(F)cc(Br)c1)c1cc2ccc(F)cc2s1. The first-order valence-corrected chi connectivity index (χ1v) is 7.79. The van der Waals surface area contributed by atoms with Gasteiger partial charge in [-0.05, 0) is 47.3 Å². The fraction of sp³-hybridized carbons (Fsp3) is 0.0625. The highest BCUT2D eigenvalue weighted by atomic mass is 79.9. The summed E-state index contributed by atoms with van der Waals surface area (Å²) >= 11 is 4.46. The molecule has 0 saturated heterocycles. The van der Waals surface area contributed by atoms with Gasteiger partial charge in [0.2, 0.25) is 0 Å². The van der Waals surface area contributed by atoms with Gasteiger partial charge in [-0.15, -0.1) is 11.3 Å². The maximum Gasteiger partial charge on any atom is 0.177 e. The summed E-state index contributed by atoms with van der Waals surface area (Å²) in [5.74, 6) is -0.808. The van der Waals surface area contributed by atoms with Gasteiger partial charge in [-0.2, -0.15) is 0 Å². The smallest absolute Gasteiger partial charge is 0.177 e. The number of halogens is 3. The fourth-order valence-electron chi connectivity index (χ4n) is 2.13. The van der Waals surface area contributed by atoms with Crippen LogP contribution >= 0.6 is 27.3 Å². The Morgan fingerprint density at radius 2 is 1.86 bits per heavy atom. The Labute approximate surface area is 132 Å². The number of ketones is 1. The zero-order valence-electron chi connectivity index (χ0n) is 10.7. The molecule has 0 aliphatic rings. The number of Topliss-reactive ketones (excluding diaryl/α,β-unsaturated/α-hetero) is 1. The number of hydrogen-bond acceptors (Lipinski definition) is 2. The molecule has 2 aromatic carbocycles. The maximum atomic E-state index is 13.3. The number of thiophene rings is 1. The second-order valence-electron chi connectivity index (χ2n) is 4.67. The van der Waals surface area contributed by atoms with Crippen molar-refractivity contribution < 1.29 is 13.6 Å². The summed E-state index contributed by atoms with van der Waals surface area (Å²) in [6.07, 6.45) is 0.117. The summed E-state index contributed by atoms with van der Waals surface area (Å²) in [6, 6.07) is 10.6. The summed E-state index contributed by atoms with van der Waals surface area (Å²) in [4.78, 5) is 12.8. The number of hydrogen-bond donors (Lipinski definition) is 0. The standard InChI is InChI=1S/C16H9BrF2OS/c17-11-3-9(4-13(19)7-11)5-14(20)16-6-10-1-2-12(18)8-15(10)21-16/h1-4,6-8H,5H2. The number of rotatable bonds is 3. The van der Waals surface area contributed by atoms with E-state index in [1.165, 1.54) is 35.6 Å². The van der Waals surface area contributed by atoms with Crippen LogP contribution in [-0.2, 0) is 6.42 Å². The zero-order valence-corrected chi connectivity index (χ0v) is 13.1. The Hall–Kier alpha value is -1.59. The number of benzene rings is 2. The molecular formula is C16H9BrF2OS. The van der Waals surface area contributed by atoms with E-state index in [-0.39, 0.29) is 23.8 Å². The van der Waals surface area contributed by atoms with Gasteiger partial charge in [0.25, 0.3) is 0 Å². The van der Waals surface area contributed by atoms with Gasteiger partial charge in [0.1, 0.15) is 11.6 Å². The number of carbonyl (C=O) groups is 1. The van der Waals surface area contributed by atoms with Crippen molar-refractivity contribution in [3.63, 3.8) is 0 Å². The Balaban J connectivity index is 1.89. The molecule has 0 aliphatic heterocycles. The van der Waals surface area contributed by atoms with E-state index in [4.69, 9.17) is 0 Å². The molecule has 0 amide bonds. The molecule has 5 heteroatoms. The van der Waals surface area contributed by atoms with Crippen molar-refractivity contribution >= 4 is 43.1 Å². The van der Waals surface area contributed by atoms with E-state index in [0.29, 0.717) is 14.9 Å². The predicted octanol–water partition coefficient (Wildman–Crippen LogP) is 5.37. The average Bonchev–Trinajstić information content (AvgIpc) is 2.80. The fourth-order valence-corrected chi connectivity index (χ4v) is 3.67. The van der Waals surface area contributed by atoms with Crippen LogP contribution in [0.1, 0.15) is 15.2 Å². The number of carbonyl (C=O) groups excluding carboxylic acids is 1. The highest BCUT2D eigenvalue weighted by Crippen LogP contribution is 2.27. The summed E-state index contributed by atoms with van der Waals surface area (Å²) < 4.78 is 27.8. The third-order valence-electron chi connectivity index (χ3n) is 3.04. The predicted molar refractivity (Wildman–Crippen MR) is 83.9 cm³/mol. The molecular weight excluding hydrogens is 358 g/mol. The van der Waals surface area contributed by atoms with E-state index in [1.807, 2.05) is 0 Å². The lowest BCUT2D eigenvalue weighted by Crippen LogP contribution is -2.01. The van der Waals surface area contributed by atoms with Crippen molar-refractivity contribution in [1.29, 1.82) is 0 Å². The summed E-state index contributed by atoms with van der Waals surface area (Å²) in [5.41, 5.74) is 0.607. The second kappa shape index (κ2) is 5.66. The molecule has 1 heterocycles. The largest absolute Gasteiger partial charge is 0.293 e. The average molecular weight is 367 g/mol. The summed E-state index contributed by atoms with van der Waals surface area (Å²) in [7, 11) is 0. The Kier molecular flexibility index (Phi) is 3.87. The van der Waals surface area contributed by atoms with Crippen LogP contribution in [0.4, 0.5) is 8.78 Å². The molecule has 0 spiro atoms. The molecule has 0 aliphatic carbocycles. The van der Waals surface area contributed by atoms with Crippen molar-refractivity contribution in [3.8, 4) is 0 Å². The van der Waals surface area contributed by atoms with Crippen molar-refractivity contribution in [2.24, 2.45) is 0 Å². The first-order chi connectivity index (χ1) is 10.0. The van der Waals surface area contributed by atoms with E-state index in [1.54, 1.807) is 18.2 Å². The van der Waals surface area contributed by atoms with Crippen LogP contribution in [-0.4, -0.2) is 5.78 Å². The molecule has 1 aromatic heterocycles. The minimum absolute atomic E-state index is 0.103. The quantitative estimate of drug-likeness (QED) is 0.569. The van der Waals surface area contributed by atoms with E-state index < -0.39 is 0 Å². The minimum atomic E-state index is -0.384. The van der Waals surface area contributed by atoms with Crippen molar-refractivity contribution in [2.45, 2.75) is 6.42 Å². The molecule has 0 saturated carbocycles. The van der Waals surface area contributed by atoms with Crippen molar-refractivity contribution in [1.82, 2.24) is 0 Å². The van der Waals surface area contributed by atoms with Crippen LogP contribution in [0.2, 0.25) is 0 Å². The molecule has 0 bridgehead atoms. The van der Waals surface area contributed by atoms with Gasteiger partial charge in [0.05, 0.1) is 4.88 Å². The molecule has 0 radical (unpaired) electrons. The highest BCUT2D eigenvalue weighted by molar-refractivity contribution is 9.10. The molecule has 0 atom stereocenters. The highest BCUT2D eigenvalue weighted by Gasteiger charge is 2.12. The van der Waals surface area contributed by atoms with Gasteiger partial charge in [0.15, 0.2) is 5.78 Å². The molecule has 0 N–H and O–H groups in total. The third kappa shape index (κ3) is 3.19. The van der Waals surface area contributed by atoms with E-state index >= 15 is 0 Å². The molecule has 1 nitrogen and oxygen atoms in total. The first-order valence-electron chi connectivity index (χ1n) is 6.18. The summed E-state index contributed by atoms with van der Waals surface area (Å²) in [6.45, 7) is 0. The topological polar surface area (TPSA) is 17.1 Å². The van der Waals surface area contributed by atoms with Gasteiger partial charge in [0, 0.05) is 15.6 Å². The van der Waals surface area contributed by atoms with Crippen LogP contribution in [0, 0.1) is 11.6 Å². The summed E-state index contributed by atoms with van der Waals surface area (Å²) in [5, 5.41) is 0.838. The van der Waals surface area contributed by atoms with E-state index in [0.717, 1.165) is 10.1 Å². The van der Waals surface area contributed by atoms with Crippen LogP contribution in [0.3, 0.4) is 0 Å². The molecule has 3 rings (SSSR count). The Morgan fingerprint density at radius 3 is 2.62 bits per heavy atom. The Bertz CT molecular complexity index is 821. The molecule has 0 unspecified atom stereocenters. The molecule has 3 aromatic rings. The van der Waals surface area contributed by atoms with Crippen molar-refractivity contribution in [3.05, 3.63) is 69.0 Å². The van der Waals surface area contributed by atoms with Gasteiger partial charge < -0.3 is 0 Å². The van der Waals surface area contributed by atoms with Crippen LogP contribution in [0.25, 0.3) is 10.1 Å². The van der Waals surface area contributed by atoms with Crippen LogP contribution in [0.15, 0.2) is 46.9 Å². The second-order valence-corrected chi connectivity index (χ2v) is 6.67. The number of fused-ring (bicyclic) bond motifs is 1. The Morgan fingerprint density at radius 1 is 1.05 bits per heavy atom. The van der Waals surface area contributed by atoms with Crippen molar-refractivity contribution in [2.75, 3.05) is 0 Å².